The van der Waals surface area contributed by atoms with Crippen molar-refractivity contribution in [3.63, 3.8) is 0 Å². The lowest BCUT2D eigenvalue weighted by molar-refractivity contribution is -0.143. The number of hydrogen-bond donors (Lipinski definition) is 3. The molecule has 0 fully saturated rings. The second-order valence-corrected chi connectivity index (χ2v) is 19.3. The molecule has 1 amide bonds. The molecule has 0 bridgehead atoms. The van der Waals surface area contributed by atoms with Crippen molar-refractivity contribution < 1.29 is 24.5 Å². The molecule has 2 atom stereocenters. The second-order valence-electron chi connectivity index (χ2n) is 19.3. The fraction of sp³-hybridized carbons (Fsp3) is 0.895. The Balaban J connectivity index is 3.50. The minimum atomic E-state index is -0.684. The zero-order valence-corrected chi connectivity index (χ0v) is 42.3. The quantitative estimate of drug-likeness (QED) is 0.0321. The molecule has 0 spiro atoms. The zero-order chi connectivity index (χ0) is 45.8. The molecule has 0 radical (unpaired) electrons. The number of unbranched alkanes of at least 4 members (excludes halogenated alkanes) is 37. The molecule has 372 valence electrons. The molecule has 0 aromatic rings. The molecule has 2 unspecified atom stereocenters. The van der Waals surface area contributed by atoms with Crippen LogP contribution in [0.2, 0.25) is 0 Å². The van der Waals surface area contributed by atoms with E-state index in [9.17, 15) is 19.8 Å². The first-order valence-corrected chi connectivity index (χ1v) is 28.1. The Kier molecular flexibility index (Phi) is 51.6. The summed E-state index contributed by atoms with van der Waals surface area (Å²) in [5.41, 5.74) is 0. The van der Waals surface area contributed by atoms with Crippen molar-refractivity contribution in [3.8, 4) is 0 Å². The van der Waals surface area contributed by atoms with Gasteiger partial charge in [-0.15, -0.1) is 0 Å². The number of aliphatic hydroxyl groups excluding tert-OH is 2. The highest BCUT2D eigenvalue weighted by Gasteiger charge is 2.20. The molecule has 0 aliphatic carbocycles. The van der Waals surface area contributed by atoms with Gasteiger partial charge < -0.3 is 20.3 Å². The Labute approximate surface area is 392 Å². The van der Waals surface area contributed by atoms with Gasteiger partial charge in [0.05, 0.1) is 25.4 Å². The number of aliphatic hydroxyl groups is 2. The number of hydrogen-bond acceptors (Lipinski definition) is 5. The number of esters is 1. The van der Waals surface area contributed by atoms with Gasteiger partial charge in [-0.2, -0.15) is 0 Å². The van der Waals surface area contributed by atoms with E-state index in [-0.39, 0.29) is 18.5 Å². The minimum absolute atomic E-state index is 0.0406. The van der Waals surface area contributed by atoms with Gasteiger partial charge in [-0.05, 0) is 77.0 Å². The summed E-state index contributed by atoms with van der Waals surface area (Å²) in [6, 6.07) is -0.564. The lowest BCUT2D eigenvalue weighted by atomic mass is 10.0. The van der Waals surface area contributed by atoms with Crippen molar-refractivity contribution in [2.24, 2.45) is 0 Å². The van der Waals surface area contributed by atoms with Gasteiger partial charge in [-0.1, -0.05) is 237 Å². The molecule has 6 heteroatoms. The summed E-state index contributed by atoms with van der Waals surface area (Å²) in [4.78, 5) is 24.5. The van der Waals surface area contributed by atoms with E-state index in [1.807, 2.05) is 0 Å². The van der Waals surface area contributed by atoms with E-state index in [4.69, 9.17) is 4.74 Å². The van der Waals surface area contributed by atoms with Crippen LogP contribution >= 0.6 is 0 Å². The number of carbonyl (C=O) groups is 2. The third-order valence-electron chi connectivity index (χ3n) is 13.0. The van der Waals surface area contributed by atoms with Crippen LogP contribution in [0.4, 0.5) is 0 Å². The summed E-state index contributed by atoms with van der Waals surface area (Å²) in [6.07, 6.45) is 63.1. The number of carbonyl (C=O) groups excluding carboxylic acids is 2. The van der Waals surface area contributed by atoms with E-state index in [2.05, 4.69) is 43.5 Å². The zero-order valence-electron chi connectivity index (χ0n) is 42.3. The highest BCUT2D eigenvalue weighted by atomic mass is 16.5. The molecule has 0 aromatic carbocycles. The molecule has 0 aliphatic heterocycles. The molecule has 0 rings (SSSR count). The smallest absolute Gasteiger partial charge is 0.305 e. The van der Waals surface area contributed by atoms with Crippen molar-refractivity contribution >= 4 is 11.9 Å². The second kappa shape index (κ2) is 53.0. The Morgan fingerprint density at radius 2 is 0.746 bits per heavy atom. The van der Waals surface area contributed by atoms with E-state index in [1.165, 1.54) is 186 Å². The predicted molar refractivity (Wildman–Crippen MR) is 273 cm³/mol. The van der Waals surface area contributed by atoms with Gasteiger partial charge in [0.2, 0.25) is 5.91 Å². The molecule has 0 aliphatic rings. The van der Waals surface area contributed by atoms with Gasteiger partial charge in [0.25, 0.3) is 0 Å². The highest BCUT2D eigenvalue weighted by molar-refractivity contribution is 5.76. The summed E-state index contributed by atoms with van der Waals surface area (Å²) in [6.45, 7) is 4.86. The maximum atomic E-state index is 12.5. The lowest BCUT2D eigenvalue weighted by Crippen LogP contribution is -2.45. The van der Waals surface area contributed by atoms with Crippen LogP contribution in [0.5, 0.6) is 0 Å². The molecule has 63 heavy (non-hydrogen) atoms. The maximum absolute atomic E-state index is 12.5. The van der Waals surface area contributed by atoms with Crippen molar-refractivity contribution in [1.82, 2.24) is 5.32 Å². The van der Waals surface area contributed by atoms with Crippen molar-refractivity contribution in [1.29, 1.82) is 0 Å². The molecule has 0 heterocycles. The third kappa shape index (κ3) is 49.6. The summed E-state index contributed by atoms with van der Waals surface area (Å²) >= 11 is 0. The van der Waals surface area contributed by atoms with Crippen molar-refractivity contribution in [3.05, 3.63) is 24.3 Å². The van der Waals surface area contributed by atoms with Crippen molar-refractivity contribution in [2.45, 2.75) is 315 Å². The summed E-state index contributed by atoms with van der Waals surface area (Å²) < 4.78 is 5.42. The first-order chi connectivity index (χ1) is 31.0. The van der Waals surface area contributed by atoms with E-state index < -0.39 is 12.1 Å². The average Bonchev–Trinajstić information content (AvgIpc) is 3.28. The number of rotatable bonds is 52. The summed E-state index contributed by atoms with van der Waals surface area (Å²) in [7, 11) is 0. The normalized spacial score (nSPS) is 12.8. The first-order valence-electron chi connectivity index (χ1n) is 28.1. The molecule has 0 saturated heterocycles. The van der Waals surface area contributed by atoms with Crippen LogP contribution in [0.25, 0.3) is 0 Å². The molecular formula is C57H109NO5. The average molecular weight is 889 g/mol. The lowest BCUT2D eigenvalue weighted by Gasteiger charge is -2.22. The Hall–Kier alpha value is -1.66. The standard InChI is InChI=1S/C57H109NO5/c1-3-5-7-9-11-13-15-17-18-19-20-21-22-23-24-25-26-27-29-33-37-41-45-49-55(60)54(53-59)58-56(61)50-46-42-38-34-30-28-32-36-40-44-48-52-63-57(62)51-47-43-39-35-31-16-14-12-10-8-6-4-2/h12,14,32,36,54-55,59-60H,3-11,13,15-31,33-35,37-53H2,1-2H3,(H,58,61)/b14-12-,36-32-. The van der Waals surface area contributed by atoms with E-state index in [0.717, 1.165) is 83.5 Å². The molecular weight excluding hydrogens is 779 g/mol. The van der Waals surface area contributed by atoms with Gasteiger partial charge in [0, 0.05) is 12.8 Å². The largest absolute Gasteiger partial charge is 0.466 e. The Morgan fingerprint density at radius 3 is 1.16 bits per heavy atom. The van der Waals surface area contributed by atoms with Crippen LogP contribution in [0.15, 0.2) is 24.3 Å². The van der Waals surface area contributed by atoms with Crippen LogP contribution in [-0.4, -0.2) is 47.4 Å². The van der Waals surface area contributed by atoms with E-state index in [0.29, 0.717) is 25.9 Å². The van der Waals surface area contributed by atoms with E-state index >= 15 is 0 Å². The molecule has 3 N–H and O–H groups in total. The number of allylic oxidation sites excluding steroid dienone is 4. The number of amides is 1. The first kappa shape index (κ1) is 61.3. The summed E-state index contributed by atoms with van der Waals surface area (Å²) in [5.74, 6) is -0.103. The molecule has 6 nitrogen and oxygen atoms in total. The highest BCUT2D eigenvalue weighted by Crippen LogP contribution is 2.17. The van der Waals surface area contributed by atoms with Gasteiger partial charge in [0.15, 0.2) is 0 Å². The molecule has 0 saturated carbocycles. The van der Waals surface area contributed by atoms with Crippen LogP contribution in [0.1, 0.15) is 303 Å². The number of ether oxygens (including phenoxy) is 1. The van der Waals surface area contributed by atoms with Crippen LogP contribution in [-0.2, 0) is 14.3 Å². The maximum Gasteiger partial charge on any atom is 0.305 e. The fourth-order valence-electron chi connectivity index (χ4n) is 8.63. The third-order valence-corrected chi connectivity index (χ3v) is 13.0. The van der Waals surface area contributed by atoms with Crippen LogP contribution in [0, 0.1) is 0 Å². The van der Waals surface area contributed by atoms with Crippen molar-refractivity contribution in [2.75, 3.05) is 13.2 Å². The molecule has 0 aromatic heterocycles. The predicted octanol–water partition coefficient (Wildman–Crippen LogP) is 17.1. The van der Waals surface area contributed by atoms with Crippen LogP contribution in [0.3, 0.4) is 0 Å². The van der Waals surface area contributed by atoms with E-state index in [1.54, 1.807) is 0 Å². The Morgan fingerprint density at radius 1 is 0.429 bits per heavy atom. The fourth-order valence-corrected chi connectivity index (χ4v) is 8.63. The van der Waals surface area contributed by atoms with Gasteiger partial charge in [-0.3, -0.25) is 9.59 Å². The van der Waals surface area contributed by atoms with Gasteiger partial charge in [-0.25, -0.2) is 0 Å². The topological polar surface area (TPSA) is 95.9 Å². The summed E-state index contributed by atoms with van der Waals surface area (Å²) in [5, 5.41) is 23.3. The van der Waals surface area contributed by atoms with Gasteiger partial charge >= 0.3 is 5.97 Å². The Bertz CT molecular complexity index is 982. The number of nitrogens with one attached hydrogen (secondary N) is 1. The SMILES string of the molecule is CCCCC/C=C\CCCCCCCC(=O)OCCCC/C=C\CCCCCCCC(=O)NC(CO)C(O)CCCCCCCCCCCCCCCCCCCCCCCCC. The van der Waals surface area contributed by atoms with Gasteiger partial charge in [0.1, 0.15) is 0 Å². The van der Waals surface area contributed by atoms with Crippen LogP contribution < -0.4 is 5.32 Å². The monoisotopic (exact) mass is 888 g/mol. The minimum Gasteiger partial charge on any atom is -0.466 e.